The number of hydrogen-bond donors (Lipinski definition) is 4. The summed E-state index contributed by atoms with van der Waals surface area (Å²) in [6, 6.07) is 16.2. The molecule has 3 aromatic rings. The molecule has 1 aromatic heterocycles. The van der Waals surface area contributed by atoms with Crippen LogP contribution in [0.5, 0.6) is 17.2 Å². The summed E-state index contributed by atoms with van der Waals surface area (Å²) in [5.74, 6) is 6.51. The number of likely N-dealkylation sites (N-methyl/N-ethyl adjacent to an activating group) is 1. The molecule has 7 rings (SSSR count). The Balaban J connectivity index is 0.876. The van der Waals surface area contributed by atoms with Crippen molar-refractivity contribution in [2.24, 2.45) is 0 Å². The number of aromatic hydroxyl groups is 1. The van der Waals surface area contributed by atoms with Gasteiger partial charge in [-0.25, -0.2) is 4.98 Å². The van der Waals surface area contributed by atoms with Crippen molar-refractivity contribution in [3.05, 3.63) is 82.7 Å². The molecule has 2 amide bonds. The minimum absolute atomic E-state index is 0.0524. The summed E-state index contributed by atoms with van der Waals surface area (Å²) in [6.45, 7) is 2.62. The van der Waals surface area contributed by atoms with Crippen LogP contribution in [0.15, 0.2) is 54.6 Å². The number of benzene rings is 2. The molecule has 48 heavy (non-hydrogen) atoms. The first-order valence-electron chi connectivity index (χ1n) is 16.4. The SMILES string of the molecule is Cc1cccc(C#Cc2cccc(OCCNC(=O)COCC(=O)NC3CCC4(O)C5Cc6ccc(O)c7c6C4(CCN5C)C3O7)c2)n1. The lowest BCUT2D eigenvalue weighted by atomic mass is 9.48. The van der Waals surface area contributed by atoms with Crippen LogP contribution in [0.3, 0.4) is 0 Å². The highest BCUT2D eigenvalue weighted by molar-refractivity contribution is 5.80. The number of aryl methyl sites for hydroxylation is 1. The molecule has 1 saturated heterocycles. The number of rotatable bonds is 9. The van der Waals surface area contributed by atoms with Crippen molar-refractivity contribution in [1.29, 1.82) is 0 Å². The maximum Gasteiger partial charge on any atom is 0.246 e. The van der Waals surface area contributed by atoms with Gasteiger partial charge in [-0.05, 0) is 94.1 Å². The molecule has 2 aliphatic heterocycles. The van der Waals surface area contributed by atoms with Gasteiger partial charge in [0.15, 0.2) is 11.5 Å². The van der Waals surface area contributed by atoms with Gasteiger partial charge in [-0.15, -0.1) is 0 Å². The lowest BCUT2D eigenvalue weighted by Gasteiger charge is -2.63. The molecule has 2 aromatic carbocycles. The summed E-state index contributed by atoms with van der Waals surface area (Å²) < 4.78 is 17.6. The van der Waals surface area contributed by atoms with E-state index in [1.807, 2.05) is 62.5 Å². The Morgan fingerprint density at radius 3 is 2.79 bits per heavy atom. The number of phenols is 1. The normalized spacial score (nSPS) is 26.4. The number of piperidine rings is 1. The van der Waals surface area contributed by atoms with Crippen molar-refractivity contribution in [3.63, 3.8) is 0 Å². The summed E-state index contributed by atoms with van der Waals surface area (Å²) in [5.41, 5.74) is 2.60. The largest absolute Gasteiger partial charge is 0.504 e. The molecule has 3 heterocycles. The highest BCUT2D eigenvalue weighted by Crippen LogP contribution is 2.65. The van der Waals surface area contributed by atoms with Crippen LogP contribution in [-0.4, -0.2) is 95.7 Å². The monoisotopic (exact) mass is 652 g/mol. The van der Waals surface area contributed by atoms with E-state index in [4.69, 9.17) is 14.2 Å². The quantitative estimate of drug-likeness (QED) is 0.202. The Morgan fingerprint density at radius 2 is 1.94 bits per heavy atom. The summed E-state index contributed by atoms with van der Waals surface area (Å²) in [6.07, 6.45) is 1.82. The number of pyridine rings is 1. The molecule has 4 aliphatic rings. The van der Waals surface area contributed by atoms with Gasteiger partial charge < -0.3 is 40.0 Å². The first-order chi connectivity index (χ1) is 23.2. The Hall–Kier alpha value is -4.63. The van der Waals surface area contributed by atoms with Crippen LogP contribution in [-0.2, 0) is 26.2 Å². The maximum atomic E-state index is 13.0. The first-order valence-corrected chi connectivity index (χ1v) is 16.4. The van der Waals surface area contributed by atoms with E-state index in [2.05, 4.69) is 32.4 Å². The van der Waals surface area contributed by atoms with Crippen molar-refractivity contribution in [2.75, 3.05) is 40.0 Å². The lowest BCUT2D eigenvalue weighted by Crippen LogP contribution is -2.77. The fourth-order valence-corrected chi connectivity index (χ4v) is 8.21. The predicted molar refractivity (Wildman–Crippen MR) is 176 cm³/mol. The van der Waals surface area contributed by atoms with Crippen LogP contribution in [0, 0.1) is 18.8 Å². The van der Waals surface area contributed by atoms with Crippen molar-refractivity contribution in [3.8, 4) is 29.1 Å². The van der Waals surface area contributed by atoms with E-state index >= 15 is 0 Å². The number of amides is 2. The fourth-order valence-electron chi connectivity index (χ4n) is 8.21. The van der Waals surface area contributed by atoms with Gasteiger partial charge >= 0.3 is 0 Å². The van der Waals surface area contributed by atoms with Gasteiger partial charge in [0.05, 0.1) is 23.6 Å². The van der Waals surface area contributed by atoms with Crippen LogP contribution in [0.25, 0.3) is 0 Å². The van der Waals surface area contributed by atoms with E-state index < -0.39 is 23.2 Å². The molecule has 1 saturated carbocycles. The molecule has 11 heteroatoms. The minimum atomic E-state index is -1.04. The molecule has 2 aliphatic carbocycles. The van der Waals surface area contributed by atoms with Crippen molar-refractivity contribution in [2.45, 2.75) is 61.8 Å². The van der Waals surface area contributed by atoms with E-state index in [0.717, 1.165) is 28.9 Å². The topological polar surface area (TPSA) is 142 Å². The molecular weight excluding hydrogens is 612 g/mol. The van der Waals surface area contributed by atoms with Gasteiger partial charge in [0.1, 0.15) is 37.4 Å². The second-order valence-electron chi connectivity index (χ2n) is 13.2. The number of carbonyl (C=O) groups is 2. The molecule has 4 N–H and O–H groups in total. The zero-order chi connectivity index (χ0) is 33.5. The zero-order valence-corrected chi connectivity index (χ0v) is 27.1. The Labute approximate surface area is 279 Å². The third-order valence-corrected chi connectivity index (χ3v) is 10.3. The van der Waals surface area contributed by atoms with Gasteiger partial charge in [-0.2, -0.15) is 0 Å². The lowest BCUT2D eigenvalue weighted by molar-refractivity contribution is -0.187. The smallest absolute Gasteiger partial charge is 0.246 e. The molecule has 11 nitrogen and oxygen atoms in total. The van der Waals surface area contributed by atoms with Crippen LogP contribution in [0.4, 0.5) is 0 Å². The molecule has 0 radical (unpaired) electrons. The van der Waals surface area contributed by atoms with E-state index in [0.29, 0.717) is 42.9 Å². The molecule has 5 atom stereocenters. The van der Waals surface area contributed by atoms with Crippen LogP contribution >= 0.6 is 0 Å². The average Bonchev–Trinajstić information content (AvgIpc) is 3.43. The summed E-state index contributed by atoms with van der Waals surface area (Å²) in [4.78, 5) is 32.0. The third-order valence-electron chi connectivity index (χ3n) is 10.3. The van der Waals surface area contributed by atoms with Gasteiger partial charge in [-0.1, -0.05) is 24.1 Å². The van der Waals surface area contributed by atoms with Crippen molar-refractivity contribution in [1.82, 2.24) is 20.5 Å². The number of nitrogens with zero attached hydrogens (tertiary/aromatic N) is 2. The summed E-state index contributed by atoms with van der Waals surface area (Å²) in [5, 5.41) is 28.8. The fraction of sp³-hybridized carbons (Fsp3) is 0.432. The summed E-state index contributed by atoms with van der Waals surface area (Å²) in [7, 11) is 2.04. The van der Waals surface area contributed by atoms with E-state index in [1.165, 1.54) is 0 Å². The van der Waals surface area contributed by atoms with Crippen molar-refractivity contribution >= 4 is 11.8 Å². The van der Waals surface area contributed by atoms with E-state index in [9.17, 15) is 19.8 Å². The molecule has 2 bridgehead atoms. The van der Waals surface area contributed by atoms with Crippen molar-refractivity contribution < 1.29 is 34.0 Å². The molecule has 1 spiro atoms. The number of ether oxygens (including phenoxy) is 3. The Morgan fingerprint density at radius 1 is 1.10 bits per heavy atom. The van der Waals surface area contributed by atoms with Gasteiger partial charge in [0.25, 0.3) is 0 Å². The van der Waals surface area contributed by atoms with Gasteiger partial charge in [-0.3, -0.25) is 9.59 Å². The summed E-state index contributed by atoms with van der Waals surface area (Å²) >= 11 is 0. The number of phenolic OH excluding ortho intramolecular Hbond substituents is 1. The number of aromatic nitrogens is 1. The number of aliphatic hydroxyl groups is 1. The molecule has 2 fully saturated rings. The molecule has 5 unspecified atom stereocenters. The number of likely N-dealkylation sites (tertiary alicyclic amines) is 1. The molecule has 250 valence electrons. The Kier molecular flexibility index (Phi) is 8.50. The van der Waals surface area contributed by atoms with Gasteiger partial charge in [0, 0.05) is 22.9 Å². The van der Waals surface area contributed by atoms with E-state index in [-0.39, 0.29) is 50.0 Å². The van der Waals surface area contributed by atoms with Crippen LogP contribution in [0.1, 0.15) is 47.3 Å². The number of nitrogens with one attached hydrogen (secondary N) is 2. The van der Waals surface area contributed by atoms with Crippen LogP contribution < -0.4 is 20.1 Å². The standard InChI is InChI=1S/C37H40N4O7/c1-23-5-3-7-26(39-23)11-9-24-6-4-8-27(19-24)47-18-16-38-31(43)21-46-22-32(44)40-28-13-14-37(45)30-20-25-10-12-29(42)34-33(25)36(37,35(28)48-34)15-17-41(30)2/h3-8,10,12,19,28,30,35,42,45H,13-18,20-22H2,1-2H3,(H,38,43)(H,40,44). The predicted octanol–water partition coefficient (Wildman–Crippen LogP) is 1.98. The Bertz CT molecular complexity index is 1800. The third kappa shape index (κ3) is 5.64. The average molecular weight is 653 g/mol. The second kappa shape index (κ2) is 12.8. The molecular formula is C37H40N4O7. The first kappa shape index (κ1) is 31.9. The van der Waals surface area contributed by atoms with Gasteiger partial charge in [0.2, 0.25) is 11.8 Å². The number of hydrogen-bond acceptors (Lipinski definition) is 9. The highest BCUT2D eigenvalue weighted by atomic mass is 16.5. The van der Waals surface area contributed by atoms with Crippen LogP contribution in [0.2, 0.25) is 0 Å². The highest BCUT2D eigenvalue weighted by Gasteiger charge is 2.72. The number of carbonyl (C=O) groups excluding carboxylic acids is 2. The second-order valence-corrected chi connectivity index (χ2v) is 13.2. The van der Waals surface area contributed by atoms with E-state index in [1.54, 1.807) is 6.07 Å². The maximum absolute atomic E-state index is 13.0. The zero-order valence-electron chi connectivity index (χ0n) is 27.1. The minimum Gasteiger partial charge on any atom is -0.504 e.